The topological polar surface area (TPSA) is 41.1 Å². The van der Waals surface area contributed by atoms with E-state index in [1.54, 1.807) is 0 Å². The quantitative estimate of drug-likeness (QED) is 0.866. The summed E-state index contributed by atoms with van der Waals surface area (Å²) in [5, 5.41) is 6.75. The highest BCUT2D eigenvalue weighted by Gasteiger charge is 2.58. The highest BCUT2D eigenvalue weighted by atomic mass is 16.1. The van der Waals surface area contributed by atoms with Crippen molar-refractivity contribution in [3.63, 3.8) is 0 Å². The molecule has 1 amide bonds. The van der Waals surface area contributed by atoms with E-state index in [9.17, 15) is 4.79 Å². The zero-order valence-corrected chi connectivity index (χ0v) is 15.8. The molecule has 1 aliphatic heterocycles. The molecule has 0 aromatic heterocycles. The summed E-state index contributed by atoms with van der Waals surface area (Å²) < 4.78 is 0. The predicted octanol–water partition coefficient (Wildman–Crippen LogP) is 3.78. The van der Waals surface area contributed by atoms with Gasteiger partial charge in [-0.15, -0.1) is 0 Å². The minimum absolute atomic E-state index is 0.261. The Kier molecular flexibility index (Phi) is 4.11. The minimum Gasteiger partial charge on any atom is -0.353 e. The van der Waals surface area contributed by atoms with E-state index in [4.69, 9.17) is 0 Å². The first-order chi connectivity index (χ1) is 12.6. The second kappa shape index (κ2) is 6.37. The van der Waals surface area contributed by atoms with Crippen molar-refractivity contribution in [2.45, 2.75) is 69.2 Å². The van der Waals surface area contributed by atoms with Crippen molar-refractivity contribution in [2.75, 3.05) is 13.1 Å². The average Bonchev–Trinajstić information content (AvgIpc) is 2.61. The smallest absolute Gasteiger partial charge is 0.220 e. The van der Waals surface area contributed by atoms with Crippen LogP contribution in [0.1, 0.15) is 63.4 Å². The number of nitrogens with one attached hydrogen (secondary N) is 2. The van der Waals surface area contributed by atoms with Crippen molar-refractivity contribution in [2.24, 2.45) is 17.3 Å². The van der Waals surface area contributed by atoms with Crippen molar-refractivity contribution in [1.82, 2.24) is 10.6 Å². The summed E-state index contributed by atoms with van der Waals surface area (Å²) in [5.41, 5.74) is 2.15. The van der Waals surface area contributed by atoms with Gasteiger partial charge in [0.2, 0.25) is 5.91 Å². The Morgan fingerprint density at radius 1 is 1.04 bits per heavy atom. The van der Waals surface area contributed by atoms with Crippen molar-refractivity contribution in [3.8, 4) is 0 Å². The molecule has 1 aromatic rings. The molecule has 5 aliphatic rings. The number of amides is 1. The molecule has 1 heterocycles. The molecule has 6 rings (SSSR count). The van der Waals surface area contributed by atoms with Crippen molar-refractivity contribution >= 4 is 5.91 Å². The van der Waals surface area contributed by atoms with Gasteiger partial charge in [-0.2, -0.15) is 0 Å². The van der Waals surface area contributed by atoms with Gasteiger partial charge < -0.3 is 10.6 Å². The number of hydrogen-bond acceptors (Lipinski definition) is 2. The molecular formula is C23H32N2O. The maximum atomic E-state index is 12.9. The summed E-state index contributed by atoms with van der Waals surface area (Å²) >= 11 is 0. The first-order valence-electron chi connectivity index (χ1n) is 10.7. The SMILES string of the molecule is O=C(CC12CC3CC(C1)CC(c1ccccc1)(C3)C2)NC1CCNCC1. The Bertz CT molecular complexity index is 650. The summed E-state index contributed by atoms with van der Waals surface area (Å²) in [7, 11) is 0. The van der Waals surface area contributed by atoms with Gasteiger partial charge in [0, 0.05) is 12.5 Å². The van der Waals surface area contributed by atoms with Gasteiger partial charge in [0.1, 0.15) is 0 Å². The van der Waals surface area contributed by atoms with E-state index >= 15 is 0 Å². The molecule has 0 radical (unpaired) electrons. The van der Waals surface area contributed by atoms with Crippen molar-refractivity contribution in [1.29, 1.82) is 0 Å². The van der Waals surface area contributed by atoms with Gasteiger partial charge in [0.05, 0.1) is 0 Å². The summed E-state index contributed by atoms with van der Waals surface area (Å²) in [6, 6.07) is 11.6. The zero-order chi connectivity index (χ0) is 17.6. The van der Waals surface area contributed by atoms with E-state index in [2.05, 4.69) is 41.0 Å². The maximum absolute atomic E-state index is 12.9. The van der Waals surface area contributed by atoms with Crippen LogP contribution in [0.5, 0.6) is 0 Å². The van der Waals surface area contributed by atoms with Gasteiger partial charge >= 0.3 is 0 Å². The lowest BCUT2D eigenvalue weighted by Gasteiger charge is -2.62. The lowest BCUT2D eigenvalue weighted by molar-refractivity contribution is -0.132. The summed E-state index contributed by atoms with van der Waals surface area (Å²) in [6.07, 6.45) is 10.9. The van der Waals surface area contributed by atoms with Crippen LogP contribution < -0.4 is 10.6 Å². The van der Waals surface area contributed by atoms with Gasteiger partial charge in [-0.3, -0.25) is 4.79 Å². The van der Waals surface area contributed by atoms with Crippen LogP contribution in [0.25, 0.3) is 0 Å². The molecule has 140 valence electrons. The van der Waals surface area contributed by atoms with Crippen LogP contribution in [0, 0.1) is 17.3 Å². The highest BCUT2D eigenvalue weighted by Crippen LogP contribution is 2.66. The molecule has 2 atom stereocenters. The highest BCUT2D eigenvalue weighted by molar-refractivity contribution is 5.77. The van der Waals surface area contributed by atoms with E-state index in [0.29, 0.717) is 17.4 Å². The average molecular weight is 353 g/mol. The molecule has 3 nitrogen and oxygen atoms in total. The molecule has 1 saturated heterocycles. The van der Waals surface area contributed by atoms with Crippen LogP contribution in [0.15, 0.2) is 30.3 Å². The minimum atomic E-state index is 0.261. The number of rotatable bonds is 4. The first kappa shape index (κ1) is 16.8. The third-order valence-corrected chi connectivity index (χ3v) is 7.81. The Morgan fingerprint density at radius 3 is 2.42 bits per heavy atom. The number of piperidine rings is 1. The second-order valence-corrected chi connectivity index (χ2v) is 9.88. The normalized spacial score (nSPS) is 39.1. The third-order valence-electron chi connectivity index (χ3n) is 7.81. The second-order valence-electron chi connectivity index (χ2n) is 9.88. The molecule has 4 saturated carbocycles. The fourth-order valence-corrected chi connectivity index (χ4v) is 7.37. The van der Waals surface area contributed by atoms with E-state index in [1.165, 1.54) is 44.1 Å². The Balaban J connectivity index is 1.34. The van der Waals surface area contributed by atoms with Gasteiger partial charge in [0.25, 0.3) is 0 Å². The number of hydrogen-bond donors (Lipinski definition) is 2. The molecule has 26 heavy (non-hydrogen) atoms. The summed E-state index contributed by atoms with van der Waals surface area (Å²) in [4.78, 5) is 12.9. The lowest BCUT2D eigenvalue weighted by atomic mass is 9.42. The summed E-state index contributed by atoms with van der Waals surface area (Å²) in [5.74, 6) is 1.99. The molecule has 4 aliphatic carbocycles. The van der Waals surface area contributed by atoms with Gasteiger partial charge in [-0.1, -0.05) is 30.3 Å². The predicted molar refractivity (Wildman–Crippen MR) is 104 cm³/mol. The fourth-order valence-electron chi connectivity index (χ4n) is 7.37. The van der Waals surface area contributed by atoms with Crippen LogP contribution in [-0.2, 0) is 10.2 Å². The van der Waals surface area contributed by atoms with Crippen LogP contribution >= 0.6 is 0 Å². The largest absolute Gasteiger partial charge is 0.353 e. The maximum Gasteiger partial charge on any atom is 0.220 e. The molecule has 2 N–H and O–H groups in total. The van der Waals surface area contributed by atoms with E-state index in [1.807, 2.05) is 0 Å². The number of benzene rings is 1. The zero-order valence-electron chi connectivity index (χ0n) is 15.8. The van der Waals surface area contributed by atoms with Crippen LogP contribution in [0.2, 0.25) is 0 Å². The van der Waals surface area contributed by atoms with Gasteiger partial charge in [-0.05, 0) is 92.7 Å². The van der Waals surface area contributed by atoms with Crippen molar-refractivity contribution < 1.29 is 4.79 Å². The molecular weight excluding hydrogens is 320 g/mol. The van der Waals surface area contributed by atoms with E-state index in [0.717, 1.165) is 44.2 Å². The van der Waals surface area contributed by atoms with Gasteiger partial charge in [0.15, 0.2) is 0 Å². The fraction of sp³-hybridized carbons (Fsp3) is 0.696. The summed E-state index contributed by atoms with van der Waals surface area (Å²) in [6.45, 7) is 2.08. The number of carbonyl (C=O) groups excluding carboxylic acids is 1. The van der Waals surface area contributed by atoms with Crippen LogP contribution in [0.3, 0.4) is 0 Å². The molecule has 0 spiro atoms. The van der Waals surface area contributed by atoms with Crippen LogP contribution in [0.4, 0.5) is 0 Å². The van der Waals surface area contributed by atoms with Crippen LogP contribution in [-0.4, -0.2) is 25.0 Å². The standard InChI is InChI=1S/C23H32N2O/c26-21(25-20-6-8-24-9-7-20)15-22-11-17-10-18(12-22)14-23(13-17,16-22)19-4-2-1-3-5-19/h1-5,17-18,20,24H,6-16H2,(H,25,26). The molecule has 5 fully saturated rings. The molecule has 2 unspecified atom stereocenters. The molecule has 1 aromatic carbocycles. The molecule has 4 bridgehead atoms. The Labute approximate surface area is 157 Å². The first-order valence-corrected chi connectivity index (χ1v) is 10.7. The van der Waals surface area contributed by atoms with Gasteiger partial charge in [-0.25, -0.2) is 0 Å². The number of carbonyl (C=O) groups is 1. The monoisotopic (exact) mass is 352 g/mol. The van der Waals surface area contributed by atoms with E-state index in [-0.39, 0.29) is 5.41 Å². The Hall–Kier alpha value is -1.35. The molecule has 3 heteroatoms. The Morgan fingerprint density at radius 2 is 1.73 bits per heavy atom. The third kappa shape index (κ3) is 2.98. The van der Waals surface area contributed by atoms with E-state index < -0.39 is 0 Å². The van der Waals surface area contributed by atoms with Crippen molar-refractivity contribution in [3.05, 3.63) is 35.9 Å². The lowest BCUT2D eigenvalue weighted by Crippen LogP contribution is -2.55.